The highest BCUT2D eigenvalue weighted by Crippen LogP contribution is 2.29. The lowest BCUT2D eigenvalue weighted by Gasteiger charge is -2.21. The van der Waals surface area contributed by atoms with Crippen LogP contribution in [0.2, 0.25) is 0 Å². The molecular weight excluding hydrogens is 300 g/mol. The number of esters is 1. The Balaban J connectivity index is 2.05. The summed E-state index contributed by atoms with van der Waals surface area (Å²) in [7, 11) is 1.42. The predicted molar refractivity (Wildman–Crippen MR) is 92.8 cm³/mol. The van der Waals surface area contributed by atoms with Crippen molar-refractivity contribution in [2.45, 2.75) is 18.9 Å². The number of methoxy groups -OCH3 is 1. The van der Waals surface area contributed by atoms with Gasteiger partial charge in [0.2, 0.25) is 0 Å². The van der Waals surface area contributed by atoms with Crippen LogP contribution < -0.4 is 0 Å². The second-order valence-corrected chi connectivity index (χ2v) is 5.74. The van der Waals surface area contributed by atoms with Crippen molar-refractivity contribution in [1.82, 2.24) is 9.55 Å². The molecule has 0 radical (unpaired) electrons. The number of nitrogens with zero attached hydrogens (tertiary/aromatic N) is 2. The highest BCUT2D eigenvalue weighted by Gasteiger charge is 2.20. The second kappa shape index (κ2) is 7.13. The van der Waals surface area contributed by atoms with Crippen LogP contribution in [0.25, 0.3) is 0 Å². The number of aromatic nitrogens is 2. The molecule has 0 aliphatic rings. The molecule has 0 unspecified atom stereocenters. The van der Waals surface area contributed by atoms with Gasteiger partial charge in [-0.05, 0) is 23.6 Å². The standard InChI is InChI=1S/C20H20N2O2/c1-15(20(23)24-2)17-9-6-10-18(13-17)19(22-12-11-21-14-22)16-7-4-3-5-8-16/h3-15,19H,1-2H3/t15-,19-/m0/s1. The third-order valence-electron chi connectivity index (χ3n) is 4.22. The minimum Gasteiger partial charge on any atom is -0.469 e. The number of hydrogen-bond donors (Lipinski definition) is 0. The smallest absolute Gasteiger partial charge is 0.312 e. The maximum Gasteiger partial charge on any atom is 0.312 e. The zero-order valence-electron chi connectivity index (χ0n) is 13.8. The van der Waals surface area contributed by atoms with E-state index in [9.17, 15) is 4.79 Å². The normalized spacial score (nSPS) is 13.2. The highest BCUT2D eigenvalue weighted by molar-refractivity contribution is 5.77. The molecule has 0 fully saturated rings. The molecule has 4 heteroatoms. The fraction of sp³-hybridized carbons (Fsp3) is 0.200. The quantitative estimate of drug-likeness (QED) is 0.672. The van der Waals surface area contributed by atoms with Gasteiger partial charge in [-0.15, -0.1) is 0 Å². The largest absolute Gasteiger partial charge is 0.469 e. The molecule has 2 aromatic carbocycles. The maximum atomic E-state index is 11.9. The van der Waals surface area contributed by atoms with Crippen LogP contribution in [0.15, 0.2) is 73.3 Å². The third kappa shape index (κ3) is 3.23. The van der Waals surface area contributed by atoms with Gasteiger partial charge in [0, 0.05) is 12.4 Å². The molecule has 1 aromatic heterocycles. The van der Waals surface area contributed by atoms with Crippen molar-refractivity contribution in [3.63, 3.8) is 0 Å². The molecule has 1 heterocycles. The van der Waals surface area contributed by atoms with Crippen molar-refractivity contribution in [2.24, 2.45) is 0 Å². The molecule has 0 N–H and O–H groups in total. The van der Waals surface area contributed by atoms with E-state index >= 15 is 0 Å². The van der Waals surface area contributed by atoms with Crippen LogP contribution in [-0.2, 0) is 9.53 Å². The zero-order chi connectivity index (χ0) is 16.9. The van der Waals surface area contributed by atoms with Crippen LogP contribution in [0.5, 0.6) is 0 Å². The molecule has 3 rings (SSSR count). The van der Waals surface area contributed by atoms with Gasteiger partial charge in [0.15, 0.2) is 0 Å². The predicted octanol–water partition coefficient (Wildman–Crippen LogP) is 3.80. The van der Waals surface area contributed by atoms with Gasteiger partial charge in [-0.25, -0.2) is 4.98 Å². The molecule has 24 heavy (non-hydrogen) atoms. The lowest BCUT2D eigenvalue weighted by molar-refractivity contribution is -0.141. The van der Waals surface area contributed by atoms with Crippen LogP contribution in [0, 0.1) is 0 Å². The van der Waals surface area contributed by atoms with Gasteiger partial charge < -0.3 is 9.30 Å². The van der Waals surface area contributed by atoms with Gasteiger partial charge in [0.25, 0.3) is 0 Å². The Morgan fingerprint density at radius 3 is 2.42 bits per heavy atom. The van der Waals surface area contributed by atoms with Crippen molar-refractivity contribution in [3.05, 3.63) is 90.0 Å². The topological polar surface area (TPSA) is 44.1 Å². The van der Waals surface area contributed by atoms with Crippen molar-refractivity contribution < 1.29 is 9.53 Å². The first-order chi connectivity index (χ1) is 11.7. The molecule has 2 atom stereocenters. The van der Waals surface area contributed by atoms with Gasteiger partial charge >= 0.3 is 5.97 Å². The monoisotopic (exact) mass is 320 g/mol. The fourth-order valence-electron chi connectivity index (χ4n) is 2.91. The lowest BCUT2D eigenvalue weighted by atomic mass is 9.93. The number of benzene rings is 2. The number of carbonyl (C=O) groups excluding carboxylic acids is 1. The average Bonchev–Trinajstić information content (AvgIpc) is 3.16. The Labute approximate surface area is 141 Å². The van der Waals surface area contributed by atoms with Gasteiger partial charge in [-0.2, -0.15) is 0 Å². The summed E-state index contributed by atoms with van der Waals surface area (Å²) in [5.74, 6) is -0.528. The van der Waals surface area contributed by atoms with E-state index in [1.54, 1.807) is 6.20 Å². The van der Waals surface area contributed by atoms with Crippen molar-refractivity contribution in [3.8, 4) is 0 Å². The summed E-state index contributed by atoms with van der Waals surface area (Å²) in [6.07, 6.45) is 5.54. The van der Waals surface area contributed by atoms with Gasteiger partial charge in [0.1, 0.15) is 0 Å². The molecule has 0 saturated carbocycles. The summed E-state index contributed by atoms with van der Waals surface area (Å²) < 4.78 is 6.94. The fourth-order valence-corrected chi connectivity index (χ4v) is 2.91. The zero-order valence-corrected chi connectivity index (χ0v) is 13.8. The van der Waals surface area contributed by atoms with E-state index in [0.717, 1.165) is 11.1 Å². The Morgan fingerprint density at radius 2 is 1.75 bits per heavy atom. The Kier molecular flexibility index (Phi) is 4.75. The Hall–Kier alpha value is -2.88. The molecule has 0 spiro atoms. The molecule has 122 valence electrons. The maximum absolute atomic E-state index is 11.9. The van der Waals surface area contributed by atoms with Crippen molar-refractivity contribution in [2.75, 3.05) is 7.11 Å². The van der Waals surface area contributed by atoms with Crippen molar-refractivity contribution >= 4 is 5.97 Å². The molecule has 4 nitrogen and oxygen atoms in total. The number of imidazole rings is 1. The molecule has 0 bridgehead atoms. The average molecular weight is 320 g/mol. The molecule has 0 saturated heterocycles. The highest BCUT2D eigenvalue weighted by atomic mass is 16.5. The van der Waals surface area contributed by atoms with E-state index < -0.39 is 0 Å². The minimum absolute atomic E-state index is 0.0125. The summed E-state index contributed by atoms with van der Waals surface area (Å²) >= 11 is 0. The first-order valence-electron chi connectivity index (χ1n) is 7.90. The summed E-state index contributed by atoms with van der Waals surface area (Å²) in [5.41, 5.74) is 3.21. The number of hydrogen-bond acceptors (Lipinski definition) is 3. The van der Waals surface area contributed by atoms with E-state index in [2.05, 4.69) is 33.8 Å². The van der Waals surface area contributed by atoms with Crippen molar-refractivity contribution in [1.29, 1.82) is 0 Å². The second-order valence-electron chi connectivity index (χ2n) is 5.74. The van der Waals surface area contributed by atoms with E-state index in [-0.39, 0.29) is 17.9 Å². The van der Waals surface area contributed by atoms with Gasteiger partial charge in [0.05, 0.1) is 25.4 Å². The molecule has 3 aromatic rings. The summed E-state index contributed by atoms with van der Waals surface area (Å²) in [6.45, 7) is 1.86. The Morgan fingerprint density at radius 1 is 1.04 bits per heavy atom. The lowest BCUT2D eigenvalue weighted by Crippen LogP contribution is -2.13. The van der Waals surface area contributed by atoms with Crippen LogP contribution >= 0.6 is 0 Å². The van der Waals surface area contributed by atoms with Crippen LogP contribution in [0.3, 0.4) is 0 Å². The number of rotatable bonds is 5. The van der Waals surface area contributed by atoms with Crippen LogP contribution in [-0.4, -0.2) is 22.6 Å². The summed E-state index contributed by atoms with van der Waals surface area (Å²) in [4.78, 5) is 16.0. The van der Waals surface area contributed by atoms with Crippen LogP contribution in [0.4, 0.5) is 0 Å². The molecule has 0 amide bonds. The first kappa shape index (κ1) is 16.0. The number of ether oxygens (including phenoxy) is 1. The Bertz CT molecular complexity index is 798. The van der Waals surface area contributed by atoms with E-state index in [0.29, 0.717) is 0 Å². The van der Waals surface area contributed by atoms with Gasteiger partial charge in [-0.1, -0.05) is 54.6 Å². The van der Waals surface area contributed by atoms with E-state index in [1.165, 1.54) is 12.7 Å². The van der Waals surface area contributed by atoms with E-state index in [4.69, 9.17) is 4.74 Å². The molecule has 0 aliphatic heterocycles. The summed E-state index contributed by atoms with van der Waals surface area (Å²) in [6, 6.07) is 18.4. The molecule has 0 aliphatic carbocycles. The first-order valence-corrected chi connectivity index (χ1v) is 7.90. The summed E-state index contributed by atoms with van der Waals surface area (Å²) in [5, 5.41) is 0. The third-order valence-corrected chi connectivity index (χ3v) is 4.22. The molecular formula is C20H20N2O2. The van der Waals surface area contributed by atoms with E-state index in [1.807, 2.05) is 49.8 Å². The van der Waals surface area contributed by atoms with Gasteiger partial charge in [-0.3, -0.25) is 4.79 Å². The minimum atomic E-state index is -0.297. The SMILES string of the molecule is COC(=O)[C@@H](C)c1cccc([C@H](c2ccccc2)n2ccnc2)c1. The number of carbonyl (C=O) groups is 1. The van der Waals surface area contributed by atoms with Crippen LogP contribution in [0.1, 0.15) is 35.6 Å².